The summed E-state index contributed by atoms with van der Waals surface area (Å²) in [7, 11) is 0. The molecule has 1 N–H and O–H groups in total. The lowest BCUT2D eigenvalue weighted by molar-refractivity contribution is 0.198. The highest BCUT2D eigenvalue weighted by molar-refractivity contribution is 5.38. The lowest BCUT2D eigenvalue weighted by Gasteiger charge is -2.11. The molecule has 0 aromatic heterocycles. The summed E-state index contributed by atoms with van der Waals surface area (Å²) >= 11 is 0. The predicted octanol–water partition coefficient (Wildman–Crippen LogP) is 3.47. The number of aliphatic hydroxyl groups is 1. The van der Waals surface area contributed by atoms with E-state index in [-0.39, 0.29) is 17.9 Å². The molecule has 3 nitrogen and oxygen atoms in total. The third-order valence-corrected chi connectivity index (χ3v) is 3.01. The SMILES string of the molecule is C[C@@H](O)c1ccc(OCc2cc(F)ccc2C#N)c(F)c1. The van der Waals surface area contributed by atoms with Crippen LogP contribution in [0.1, 0.15) is 29.7 Å². The van der Waals surface area contributed by atoms with Crippen LogP contribution in [0, 0.1) is 23.0 Å². The lowest BCUT2D eigenvalue weighted by atomic mass is 10.1. The van der Waals surface area contributed by atoms with Crippen LogP contribution >= 0.6 is 0 Å². The summed E-state index contributed by atoms with van der Waals surface area (Å²) in [6, 6.07) is 9.74. The molecule has 108 valence electrons. The first-order chi connectivity index (χ1) is 10.0. The summed E-state index contributed by atoms with van der Waals surface area (Å²) in [5, 5.41) is 18.3. The van der Waals surface area contributed by atoms with Gasteiger partial charge in [-0.3, -0.25) is 0 Å². The van der Waals surface area contributed by atoms with Gasteiger partial charge in [0.15, 0.2) is 11.6 Å². The maximum Gasteiger partial charge on any atom is 0.165 e. The Balaban J connectivity index is 2.17. The molecule has 2 aromatic carbocycles. The number of hydrogen-bond acceptors (Lipinski definition) is 3. The second-order valence-corrected chi connectivity index (χ2v) is 4.57. The molecule has 0 bridgehead atoms. The molecule has 0 fully saturated rings. The van der Waals surface area contributed by atoms with Crippen molar-refractivity contribution in [1.82, 2.24) is 0 Å². The first-order valence-corrected chi connectivity index (χ1v) is 6.30. The highest BCUT2D eigenvalue weighted by Gasteiger charge is 2.10. The van der Waals surface area contributed by atoms with E-state index in [4.69, 9.17) is 10.00 Å². The Kier molecular flexibility index (Phi) is 4.51. The zero-order chi connectivity index (χ0) is 15.4. The fourth-order valence-electron chi connectivity index (χ4n) is 1.84. The third-order valence-electron chi connectivity index (χ3n) is 3.01. The molecule has 0 saturated carbocycles. The van der Waals surface area contributed by atoms with Crippen LogP contribution in [0.5, 0.6) is 5.75 Å². The van der Waals surface area contributed by atoms with Gasteiger partial charge in [0.25, 0.3) is 0 Å². The summed E-state index contributed by atoms with van der Waals surface area (Å²) < 4.78 is 32.2. The van der Waals surface area contributed by atoms with Crippen molar-refractivity contribution in [2.45, 2.75) is 19.6 Å². The van der Waals surface area contributed by atoms with Crippen molar-refractivity contribution >= 4 is 0 Å². The summed E-state index contributed by atoms with van der Waals surface area (Å²) in [6.45, 7) is 1.41. The fraction of sp³-hybridized carbons (Fsp3) is 0.188. The van der Waals surface area contributed by atoms with E-state index in [0.717, 1.165) is 0 Å². The molecular formula is C16H13F2NO2. The molecule has 2 rings (SSSR count). The number of nitriles is 1. The highest BCUT2D eigenvalue weighted by Crippen LogP contribution is 2.23. The second-order valence-electron chi connectivity index (χ2n) is 4.57. The van der Waals surface area contributed by atoms with E-state index in [0.29, 0.717) is 11.1 Å². The fourth-order valence-corrected chi connectivity index (χ4v) is 1.84. The Bertz CT molecular complexity index is 693. The summed E-state index contributed by atoms with van der Waals surface area (Å²) in [5.41, 5.74) is 1.05. The monoisotopic (exact) mass is 289 g/mol. The minimum absolute atomic E-state index is 0.0208. The van der Waals surface area contributed by atoms with Gasteiger partial charge in [0.1, 0.15) is 12.4 Å². The predicted molar refractivity (Wildman–Crippen MR) is 72.5 cm³/mol. The van der Waals surface area contributed by atoms with Crippen LogP contribution in [0.2, 0.25) is 0 Å². The number of benzene rings is 2. The van der Waals surface area contributed by atoms with Crippen molar-refractivity contribution in [3.8, 4) is 11.8 Å². The lowest BCUT2D eigenvalue weighted by Crippen LogP contribution is -2.01. The standard InChI is InChI=1S/C16H13F2NO2/c1-10(20)11-3-5-16(15(18)7-11)21-9-13-6-14(17)4-2-12(13)8-19/h2-7,10,20H,9H2,1H3/t10-/m1/s1. The quantitative estimate of drug-likeness (QED) is 0.937. The molecule has 0 amide bonds. The molecule has 0 radical (unpaired) electrons. The number of halogens is 2. The minimum atomic E-state index is -0.776. The maximum atomic E-state index is 13.8. The van der Waals surface area contributed by atoms with Gasteiger partial charge in [-0.05, 0) is 42.8 Å². The number of nitrogens with zero attached hydrogens (tertiary/aromatic N) is 1. The van der Waals surface area contributed by atoms with Crippen molar-refractivity contribution in [1.29, 1.82) is 5.26 Å². The molecule has 0 heterocycles. The zero-order valence-electron chi connectivity index (χ0n) is 11.3. The van der Waals surface area contributed by atoms with Gasteiger partial charge >= 0.3 is 0 Å². The molecular weight excluding hydrogens is 276 g/mol. The smallest absolute Gasteiger partial charge is 0.165 e. The topological polar surface area (TPSA) is 53.2 Å². The van der Waals surface area contributed by atoms with E-state index in [2.05, 4.69) is 0 Å². The average molecular weight is 289 g/mol. The van der Waals surface area contributed by atoms with Crippen molar-refractivity contribution < 1.29 is 18.6 Å². The highest BCUT2D eigenvalue weighted by atomic mass is 19.1. The molecule has 0 aliphatic rings. The van der Waals surface area contributed by atoms with Crippen LogP contribution in [0.4, 0.5) is 8.78 Å². The van der Waals surface area contributed by atoms with E-state index in [1.54, 1.807) is 6.07 Å². The molecule has 0 unspecified atom stereocenters. The summed E-state index contributed by atoms with van der Waals surface area (Å²) in [4.78, 5) is 0. The van der Waals surface area contributed by atoms with Crippen LogP contribution in [0.15, 0.2) is 36.4 Å². The van der Waals surface area contributed by atoms with Crippen molar-refractivity contribution in [3.05, 3.63) is 64.7 Å². The number of aliphatic hydroxyl groups excluding tert-OH is 1. The van der Waals surface area contributed by atoms with Gasteiger partial charge in [-0.25, -0.2) is 8.78 Å². The summed E-state index contributed by atoms with van der Waals surface area (Å²) in [5.74, 6) is -1.13. The molecule has 0 aliphatic carbocycles. The van der Waals surface area contributed by atoms with Gasteiger partial charge in [0.2, 0.25) is 0 Å². The van der Waals surface area contributed by atoms with E-state index >= 15 is 0 Å². The van der Waals surface area contributed by atoms with Crippen LogP contribution in [-0.4, -0.2) is 5.11 Å². The molecule has 0 spiro atoms. The Morgan fingerprint density at radius 2 is 2.00 bits per heavy atom. The van der Waals surface area contributed by atoms with Gasteiger partial charge < -0.3 is 9.84 Å². The Morgan fingerprint density at radius 3 is 2.62 bits per heavy atom. The van der Waals surface area contributed by atoms with Crippen LogP contribution in [0.3, 0.4) is 0 Å². The van der Waals surface area contributed by atoms with Gasteiger partial charge in [0, 0.05) is 5.56 Å². The van der Waals surface area contributed by atoms with Crippen LogP contribution in [0.25, 0.3) is 0 Å². The molecule has 21 heavy (non-hydrogen) atoms. The Hall–Kier alpha value is -2.45. The van der Waals surface area contributed by atoms with Gasteiger partial charge in [0.05, 0.1) is 17.7 Å². The number of ether oxygens (including phenoxy) is 1. The van der Waals surface area contributed by atoms with Gasteiger partial charge in [-0.15, -0.1) is 0 Å². The first-order valence-electron chi connectivity index (χ1n) is 6.30. The van der Waals surface area contributed by atoms with E-state index in [9.17, 15) is 13.9 Å². The maximum absolute atomic E-state index is 13.8. The van der Waals surface area contributed by atoms with Gasteiger partial charge in [-0.1, -0.05) is 6.07 Å². The average Bonchev–Trinajstić information content (AvgIpc) is 2.46. The molecule has 0 aliphatic heterocycles. The molecule has 5 heteroatoms. The Labute approximate surface area is 121 Å². The zero-order valence-corrected chi connectivity index (χ0v) is 11.3. The van der Waals surface area contributed by atoms with E-state index in [1.807, 2.05) is 6.07 Å². The first kappa shape index (κ1) is 14.9. The number of rotatable bonds is 4. The molecule has 2 aromatic rings. The van der Waals surface area contributed by atoms with Crippen LogP contribution in [-0.2, 0) is 6.61 Å². The largest absolute Gasteiger partial charge is 0.486 e. The van der Waals surface area contributed by atoms with Crippen molar-refractivity contribution in [2.75, 3.05) is 0 Å². The van der Waals surface area contributed by atoms with Crippen molar-refractivity contribution in [2.24, 2.45) is 0 Å². The Morgan fingerprint density at radius 1 is 1.24 bits per heavy atom. The van der Waals surface area contributed by atoms with E-state index in [1.165, 1.54) is 37.3 Å². The molecule has 0 saturated heterocycles. The number of hydrogen-bond donors (Lipinski definition) is 1. The normalized spacial score (nSPS) is 11.8. The molecule has 1 atom stereocenters. The van der Waals surface area contributed by atoms with Gasteiger partial charge in [-0.2, -0.15) is 5.26 Å². The summed E-state index contributed by atoms with van der Waals surface area (Å²) in [6.07, 6.45) is -0.776. The third kappa shape index (κ3) is 3.56. The second kappa shape index (κ2) is 6.33. The van der Waals surface area contributed by atoms with Crippen molar-refractivity contribution in [3.63, 3.8) is 0 Å². The minimum Gasteiger partial charge on any atom is -0.486 e. The van der Waals surface area contributed by atoms with E-state index < -0.39 is 17.7 Å². The van der Waals surface area contributed by atoms with Crippen LogP contribution < -0.4 is 4.74 Å².